The van der Waals surface area contributed by atoms with Gasteiger partial charge in [-0.2, -0.15) is 0 Å². The summed E-state index contributed by atoms with van der Waals surface area (Å²) in [6.45, 7) is 8.82. The Morgan fingerprint density at radius 3 is 2.39 bits per heavy atom. The van der Waals surface area contributed by atoms with E-state index in [2.05, 4.69) is 26.1 Å². The smallest absolute Gasteiger partial charge is 0.279 e. The molecule has 1 atom stereocenters. The standard InChI is InChI=1S/C24H33N3O4/c1-5-12-27(15-23(28)26-20-9-7-19(8-10-20)24(25)29)14-18-6-11-21(22(13-18)30-4)31-16-17(2)3/h6-11,13,17H,5,12,14-16H2,1-4H3,(H2,25,29)(H,26,28)/p+1. The fraction of sp³-hybridized carbons (Fsp3) is 0.417. The Hall–Kier alpha value is -3.06. The zero-order valence-electron chi connectivity index (χ0n) is 18.9. The van der Waals surface area contributed by atoms with E-state index in [1.54, 1.807) is 31.4 Å². The van der Waals surface area contributed by atoms with E-state index in [-0.39, 0.29) is 5.91 Å². The van der Waals surface area contributed by atoms with Gasteiger partial charge in [-0.1, -0.05) is 20.8 Å². The lowest BCUT2D eigenvalue weighted by atomic mass is 10.1. The Labute approximate surface area is 184 Å². The van der Waals surface area contributed by atoms with Crippen molar-refractivity contribution >= 4 is 17.5 Å². The lowest BCUT2D eigenvalue weighted by Crippen LogP contribution is -3.11. The molecule has 0 aliphatic heterocycles. The van der Waals surface area contributed by atoms with Crippen LogP contribution in [0.4, 0.5) is 5.69 Å². The molecule has 31 heavy (non-hydrogen) atoms. The predicted octanol–water partition coefficient (Wildman–Crippen LogP) is 2.26. The molecule has 0 aromatic heterocycles. The number of amides is 2. The summed E-state index contributed by atoms with van der Waals surface area (Å²) in [5.41, 5.74) is 7.38. The minimum Gasteiger partial charge on any atom is -0.493 e. The van der Waals surface area contributed by atoms with Gasteiger partial charge >= 0.3 is 0 Å². The number of quaternary nitrogens is 1. The van der Waals surface area contributed by atoms with Crippen LogP contribution in [-0.4, -0.2) is 38.6 Å². The number of methoxy groups -OCH3 is 1. The minimum absolute atomic E-state index is 0.0841. The predicted molar refractivity (Wildman–Crippen MR) is 122 cm³/mol. The van der Waals surface area contributed by atoms with Crippen LogP contribution in [0.15, 0.2) is 42.5 Å². The van der Waals surface area contributed by atoms with Gasteiger partial charge < -0.3 is 25.4 Å². The number of ether oxygens (including phenoxy) is 2. The van der Waals surface area contributed by atoms with Crippen molar-refractivity contribution in [3.63, 3.8) is 0 Å². The number of anilines is 1. The molecule has 1 unspecified atom stereocenters. The molecule has 4 N–H and O–H groups in total. The number of hydrogen-bond acceptors (Lipinski definition) is 4. The van der Waals surface area contributed by atoms with E-state index in [0.29, 0.717) is 42.6 Å². The maximum Gasteiger partial charge on any atom is 0.279 e. The summed E-state index contributed by atoms with van der Waals surface area (Å²) in [4.78, 5) is 24.9. The highest BCUT2D eigenvalue weighted by molar-refractivity contribution is 5.95. The highest BCUT2D eigenvalue weighted by atomic mass is 16.5. The molecule has 0 saturated carbocycles. The highest BCUT2D eigenvalue weighted by Crippen LogP contribution is 2.28. The van der Waals surface area contributed by atoms with Crippen molar-refractivity contribution < 1.29 is 24.0 Å². The van der Waals surface area contributed by atoms with Crippen molar-refractivity contribution in [2.75, 3.05) is 32.1 Å². The zero-order valence-corrected chi connectivity index (χ0v) is 18.9. The number of rotatable bonds is 12. The Kier molecular flexibility index (Phi) is 9.34. The summed E-state index contributed by atoms with van der Waals surface area (Å²) >= 11 is 0. The molecule has 2 aromatic rings. The number of carbonyl (C=O) groups excluding carboxylic acids is 2. The van der Waals surface area contributed by atoms with Crippen molar-refractivity contribution in [2.24, 2.45) is 11.7 Å². The van der Waals surface area contributed by atoms with Gasteiger partial charge in [-0.15, -0.1) is 0 Å². The van der Waals surface area contributed by atoms with E-state index in [1.807, 2.05) is 18.2 Å². The summed E-state index contributed by atoms with van der Waals surface area (Å²) in [5, 5.41) is 2.89. The Bertz CT molecular complexity index is 866. The molecule has 0 bridgehead atoms. The van der Waals surface area contributed by atoms with E-state index in [1.165, 1.54) is 0 Å². The number of nitrogens with two attached hydrogens (primary N) is 1. The molecule has 0 fully saturated rings. The first-order valence-corrected chi connectivity index (χ1v) is 10.6. The zero-order chi connectivity index (χ0) is 22.8. The third-order valence-corrected chi connectivity index (χ3v) is 4.72. The molecule has 0 aliphatic rings. The molecule has 0 radical (unpaired) electrons. The van der Waals surface area contributed by atoms with Gasteiger partial charge in [0.2, 0.25) is 5.91 Å². The Morgan fingerprint density at radius 1 is 1.10 bits per heavy atom. The molecule has 2 aromatic carbocycles. The molecule has 168 valence electrons. The van der Waals surface area contributed by atoms with Crippen LogP contribution >= 0.6 is 0 Å². The van der Waals surface area contributed by atoms with Crippen LogP contribution in [0.1, 0.15) is 43.1 Å². The summed E-state index contributed by atoms with van der Waals surface area (Å²) in [7, 11) is 1.63. The van der Waals surface area contributed by atoms with E-state index in [4.69, 9.17) is 15.2 Å². The number of benzene rings is 2. The first-order valence-electron chi connectivity index (χ1n) is 10.6. The second-order valence-electron chi connectivity index (χ2n) is 8.03. The van der Waals surface area contributed by atoms with Gasteiger partial charge in [0, 0.05) is 16.8 Å². The SMILES string of the molecule is CCC[NH+](CC(=O)Nc1ccc(C(N)=O)cc1)Cc1ccc(OCC(C)C)c(OC)c1. The van der Waals surface area contributed by atoms with Gasteiger partial charge in [-0.05, 0) is 54.8 Å². The Morgan fingerprint density at radius 2 is 1.81 bits per heavy atom. The van der Waals surface area contributed by atoms with Crippen molar-refractivity contribution in [3.05, 3.63) is 53.6 Å². The average molecular weight is 429 g/mol. The molecule has 0 spiro atoms. The maximum absolute atomic E-state index is 12.6. The van der Waals surface area contributed by atoms with Gasteiger partial charge in [-0.25, -0.2) is 0 Å². The van der Waals surface area contributed by atoms with Crippen LogP contribution in [0.3, 0.4) is 0 Å². The summed E-state index contributed by atoms with van der Waals surface area (Å²) in [6.07, 6.45) is 0.961. The second-order valence-corrected chi connectivity index (χ2v) is 8.03. The van der Waals surface area contributed by atoms with Gasteiger partial charge in [-0.3, -0.25) is 9.59 Å². The van der Waals surface area contributed by atoms with E-state index in [9.17, 15) is 9.59 Å². The van der Waals surface area contributed by atoms with E-state index >= 15 is 0 Å². The summed E-state index contributed by atoms with van der Waals surface area (Å²) < 4.78 is 11.3. The Balaban J connectivity index is 2.01. The van der Waals surface area contributed by atoms with E-state index in [0.717, 1.165) is 29.2 Å². The largest absolute Gasteiger partial charge is 0.493 e. The van der Waals surface area contributed by atoms with Gasteiger partial charge in [0.05, 0.1) is 20.3 Å². The fourth-order valence-corrected chi connectivity index (χ4v) is 3.23. The van der Waals surface area contributed by atoms with Gasteiger partial charge in [0.1, 0.15) is 6.54 Å². The van der Waals surface area contributed by atoms with Crippen LogP contribution in [0.25, 0.3) is 0 Å². The number of nitrogens with one attached hydrogen (secondary N) is 2. The molecule has 0 heterocycles. The summed E-state index contributed by atoms with van der Waals surface area (Å²) in [6, 6.07) is 12.5. The monoisotopic (exact) mass is 428 g/mol. The molecule has 2 amide bonds. The van der Waals surface area contributed by atoms with Crippen LogP contribution in [-0.2, 0) is 11.3 Å². The van der Waals surface area contributed by atoms with E-state index < -0.39 is 5.91 Å². The third kappa shape index (κ3) is 7.94. The molecule has 2 rings (SSSR count). The lowest BCUT2D eigenvalue weighted by Gasteiger charge is -2.20. The van der Waals surface area contributed by atoms with Gasteiger partial charge in [0.15, 0.2) is 18.0 Å². The molecular weight excluding hydrogens is 394 g/mol. The van der Waals surface area contributed by atoms with Crippen LogP contribution < -0.4 is 25.4 Å². The quantitative estimate of drug-likeness (QED) is 0.483. The number of primary amides is 1. The van der Waals surface area contributed by atoms with Crippen molar-refractivity contribution in [2.45, 2.75) is 33.7 Å². The van der Waals surface area contributed by atoms with Crippen molar-refractivity contribution in [1.82, 2.24) is 0 Å². The third-order valence-electron chi connectivity index (χ3n) is 4.72. The highest BCUT2D eigenvalue weighted by Gasteiger charge is 2.16. The normalized spacial score (nSPS) is 11.8. The minimum atomic E-state index is -0.493. The van der Waals surface area contributed by atoms with Crippen molar-refractivity contribution in [1.29, 1.82) is 0 Å². The maximum atomic E-state index is 12.6. The molecule has 0 saturated heterocycles. The first kappa shape index (κ1) is 24.2. The van der Waals surface area contributed by atoms with Crippen LogP contribution in [0.5, 0.6) is 11.5 Å². The average Bonchev–Trinajstić information content (AvgIpc) is 2.73. The first-order chi connectivity index (χ1) is 14.8. The fourth-order valence-electron chi connectivity index (χ4n) is 3.23. The lowest BCUT2D eigenvalue weighted by molar-refractivity contribution is -0.905. The molecule has 7 heteroatoms. The number of hydrogen-bond donors (Lipinski definition) is 3. The molecule has 7 nitrogen and oxygen atoms in total. The van der Waals surface area contributed by atoms with Crippen LogP contribution in [0, 0.1) is 5.92 Å². The second kappa shape index (κ2) is 12.0. The number of carbonyl (C=O) groups is 2. The van der Waals surface area contributed by atoms with Crippen LogP contribution in [0.2, 0.25) is 0 Å². The van der Waals surface area contributed by atoms with Gasteiger partial charge in [0.25, 0.3) is 5.91 Å². The molecule has 0 aliphatic carbocycles. The summed E-state index contributed by atoms with van der Waals surface area (Å²) in [5.74, 6) is 1.29. The topological polar surface area (TPSA) is 95.1 Å². The van der Waals surface area contributed by atoms with Crippen molar-refractivity contribution in [3.8, 4) is 11.5 Å². The molecular formula is C24H34N3O4+.